The van der Waals surface area contributed by atoms with Crippen molar-refractivity contribution in [1.82, 2.24) is 0 Å². The van der Waals surface area contributed by atoms with Crippen molar-refractivity contribution in [3.05, 3.63) is 0 Å². The molecule has 0 amide bonds. The predicted octanol–water partition coefficient (Wildman–Crippen LogP) is 2.22. The van der Waals surface area contributed by atoms with Gasteiger partial charge in [-0.05, 0) is 5.92 Å². The Labute approximate surface area is 60.8 Å². The van der Waals surface area contributed by atoms with Gasteiger partial charge in [-0.1, -0.05) is 35.0 Å². The van der Waals surface area contributed by atoms with Crippen molar-refractivity contribution >= 4 is 10.6 Å². The van der Waals surface area contributed by atoms with E-state index in [9.17, 15) is 7.77 Å². The van der Waals surface area contributed by atoms with Crippen LogP contribution >= 0.6 is 0 Å². The summed E-state index contributed by atoms with van der Waals surface area (Å²) in [6.45, 7) is 6.64. The third-order valence-electron chi connectivity index (χ3n) is 0.816. The molecule has 0 saturated carbocycles. The van der Waals surface area contributed by atoms with Crippen molar-refractivity contribution in [1.29, 1.82) is 0 Å². The summed E-state index contributed by atoms with van der Waals surface area (Å²) < 4.78 is 36.6. The lowest BCUT2D eigenvalue weighted by Crippen LogP contribution is -1.77. The van der Waals surface area contributed by atoms with Crippen LogP contribution in [0.4, 0.5) is 7.77 Å². The van der Waals surface area contributed by atoms with Crippen LogP contribution in [0.15, 0.2) is 0 Å². The van der Waals surface area contributed by atoms with Gasteiger partial charge in [0.05, 0.1) is 0 Å². The highest BCUT2D eigenvalue weighted by atomic mass is 32.3. The summed E-state index contributed by atoms with van der Waals surface area (Å²) >= 11 is 0. The molecule has 10 heavy (non-hydrogen) atoms. The molecular weight excluding hydrogens is 162 g/mol. The average molecular weight is 174 g/mol. The zero-order valence-corrected chi connectivity index (χ0v) is 7.08. The highest BCUT2D eigenvalue weighted by Gasteiger charge is 1.94. The lowest BCUT2D eigenvalue weighted by Gasteiger charge is -1.90. The number of halogens is 2. The van der Waals surface area contributed by atoms with E-state index in [1.54, 1.807) is 0 Å². The maximum absolute atomic E-state index is 9.99. The van der Waals surface area contributed by atoms with Crippen LogP contribution in [-0.2, 0) is 10.6 Å². The van der Waals surface area contributed by atoms with Crippen LogP contribution in [0.1, 0.15) is 27.2 Å². The van der Waals surface area contributed by atoms with Gasteiger partial charge >= 0.3 is 10.6 Å². The molecule has 0 N–H and O–H groups in total. The SMILES string of the molecule is CCC(C)C.O=S(=O)(F)F. The van der Waals surface area contributed by atoms with Crippen molar-refractivity contribution in [2.24, 2.45) is 5.92 Å². The van der Waals surface area contributed by atoms with E-state index in [4.69, 9.17) is 8.42 Å². The third kappa shape index (κ3) is 111. The second-order valence-corrected chi connectivity index (χ2v) is 2.94. The van der Waals surface area contributed by atoms with Crippen LogP contribution in [-0.4, -0.2) is 8.42 Å². The van der Waals surface area contributed by atoms with Crippen LogP contribution in [0.3, 0.4) is 0 Å². The van der Waals surface area contributed by atoms with Crippen LogP contribution < -0.4 is 0 Å². The Kier molecular flexibility index (Phi) is 6.97. The number of rotatable bonds is 1. The number of hydrogen-bond donors (Lipinski definition) is 0. The molecule has 0 atom stereocenters. The van der Waals surface area contributed by atoms with Crippen LogP contribution in [0.5, 0.6) is 0 Å². The monoisotopic (exact) mass is 174 g/mol. The van der Waals surface area contributed by atoms with E-state index >= 15 is 0 Å². The molecule has 0 aliphatic heterocycles. The first-order chi connectivity index (χ1) is 4.27. The van der Waals surface area contributed by atoms with Gasteiger partial charge in [-0.3, -0.25) is 0 Å². The maximum Gasteiger partial charge on any atom is 0.476 e. The van der Waals surface area contributed by atoms with Gasteiger partial charge in [-0.25, -0.2) is 0 Å². The van der Waals surface area contributed by atoms with Gasteiger partial charge in [0.1, 0.15) is 0 Å². The zero-order valence-electron chi connectivity index (χ0n) is 6.27. The smallest absolute Gasteiger partial charge is 0.160 e. The Balaban J connectivity index is 0. The first-order valence-electron chi connectivity index (χ1n) is 2.91. The van der Waals surface area contributed by atoms with Crippen molar-refractivity contribution in [2.45, 2.75) is 27.2 Å². The molecule has 0 saturated heterocycles. The zero-order chi connectivity index (χ0) is 8.78. The minimum absolute atomic E-state index is 0.884. The lowest BCUT2D eigenvalue weighted by atomic mass is 10.2. The standard InChI is InChI=1S/C5H12.F2O2S/c1-4-5(2)3;1-5(2,3)4/h5H,4H2,1-3H3;. The minimum Gasteiger partial charge on any atom is -0.160 e. The van der Waals surface area contributed by atoms with Crippen molar-refractivity contribution in [3.8, 4) is 0 Å². The Morgan fingerprint density at radius 1 is 1.30 bits per heavy atom. The molecule has 64 valence electrons. The molecular formula is C5H12F2O2S. The van der Waals surface area contributed by atoms with Gasteiger partial charge in [0, 0.05) is 0 Å². The molecule has 0 unspecified atom stereocenters. The molecule has 5 heteroatoms. The average Bonchev–Trinajstić information content (AvgIpc) is 1.61. The molecule has 0 aromatic heterocycles. The predicted molar refractivity (Wildman–Crippen MR) is 36.3 cm³/mol. The van der Waals surface area contributed by atoms with Gasteiger partial charge in [-0.2, -0.15) is 8.42 Å². The van der Waals surface area contributed by atoms with Gasteiger partial charge in [0.2, 0.25) is 0 Å². The fourth-order valence-corrected chi connectivity index (χ4v) is 0. The van der Waals surface area contributed by atoms with Crippen LogP contribution in [0, 0.1) is 5.92 Å². The summed E-state index contributed by atoms with van der Waals surface area (Å²) in [6.07, 6.45) is 1.31. The lowest BCUT2D eigenvalue weighted by molar-refractivity contribution is 0.501. The highest BCUT2D eigenvalue weighted by Crippen LogP contribution is 1.93. The van der Waals surface area contributed by atoms with E-state index in [0.717, 1.165) is 5.92 Å². The van der Waals surface area contributed by atoms with Crippen molar-refractivity contribution < 1.29 is 16.2 Å². The molecule has 2 nitrogen and oxygen atoms in total. The molecule has 0 aromatic carbocycles. The third-order valence-corrected chi connectivity index (χ3v) is 0.816. The van der Waals surface area contributed by atoms with Gasteiger partial charge in [0.15, 0.2) is 0 Å². The second kappa shape index (κ2) is 5.58. The molecule has 0 rings (SSSR count). The summed E-state index contributed by atoms with van der Waals surface area (Å²) in [5, 5.41) is 0. The van der Waals surface area contributed by atoms with E-state index in [2.05, 4.69) is 20.8 Å². The van der Waals surface area contributed by atoms with E-state index in [1.165, 1.54) is 6.42 Å². The topological polar surface area (TPSA) is 34.1 Å². The number of hydrogen-bond acceptors (Lipinski definition) is 2. The summed E-state index contributed by atoms with van der Waals surface area (Å²) in [4.78, 5) is 0. The summed E-state index contributed by atoms with van der Waals surface area (Å²) in [5.41, 5.74) is 0. The first kappa shape index (κ1) is 12.5. The summed E-state index contributed by atoms with van der Waals surface area (Å²) in [5.74, 6) is 0.884. The van der Waals surface area contributed by atoms with E-state index in [1.807, 2.05) is 0 Å². The van der Waals surface area contributed by atoms with Gasteiger partial charge in [-0.15, -0.1) is 0 Å². The first-order valence-corrected chi connectivity index (χ1v) is 4.20. The molecule has 0 fully saturated rings. The van der Waals surface area contributed by atoms with E-state index in [0.29, 0.717) is 0 Å². The summed E-state index contributed by atoms with van der Waals surface area (Å²) in [6, 6.07) is 0. The molecule has 0 spiro atoms. The molecule has 0 radical (unpaired) electrons. The normalized spacial score (nSPS) is 10.6. The van der Waals surface area contributed by atoms with Crippen molar-refractivity contribution in [2.75, 3.05) is 0 Å². The summed E-state index contributed by atoms with van der Waals surface area (Å²) in [7, 11) is -5.67. The Morgan fingerprint density at radius 3 is 1.40 bits per heavy atom. The maximum atomic E-state index is 9.99. The highest BCUT2D eigenvalue weighted by molar-refractivity contribution is 7.81. The molecule has 0 heterocycles. The van der Waals surface area contributed by atoms with Gasteiger partial charge in [0.25, 0.3) is 0 Å². The second-order valence-electron chi connectivity index (χ2n) is 2.18. The fraction of sp³-hybridized carbons (Fsp3) is 1.00. The molecule has 0 aromatic rings. The van der Waals surface area contributed by atoms with E-state index in [-0.39, 0.29) is 0 Å². The molecule has 0 aliphatic rings. The minimum atomic E-state index is -5.67. The van der Waals surface area contributed by atoms with Crippen LogP contribution in [0.25, 0.3) is 0 Å². The Bertz CT molecular complexity index is 143. The molecule has 0 aliphatic carbocycles. The quantitative estimate of drug-likeness (QED) is 0.571. The Hall–Kier alpha value is -0.190. The fourth-order valence-electron chi connectivity index (χ4n) is 0. The molecule has 0 bridgehead atoms. The van der Waals surface area contributed by atoms with Crippen molar-refractivity contribution in [3.63, 3.8) is 0 Å². The van der Waals surface area contributed by atoms with E-state index < -0.39 is 10.6 Å². The Morgan fingerprint density at radius 2 is 1.40 bits per heavy atom. The van der Waals surface area contributed by atoms with Crippen LogP contribution in [0.2, 0.25) is 0 Å². The largest absolute Gasteiger partial charge is 0.476 e. The van der Waals surface area contributed by atoms with Gasteiger partial charge < -0.3 is 0 Å².